The van der Waals surface area contributed by atoms with Crippen LogP contribution in [0.2, 0.25) is 0 Å². The van der Waals surface area contributed by atoms with E-state index in [0.717, 1.165) is 17.1 Å². The number of aryl methyl sites for hydroxylation is 2. The van der Waals surface area contributed by atoms with Crippen LogP contribution in [0.5, 0.6) is 0 Å². The minimum Gasteiger partial charge on any atom is -0.355 e. The quantitative estimate of drug-likeness (QED) is 0.221. The molecule has 0 saturated carbocycles. The molecule has 0 aliphatic carbocycles. The molecule has 0 saturated heterocycles. The van der Waals surface area contributed by atoms with Crippen molar-refractivity contribution >= 4 is 55.6 Å². The van der Waals surface area contributed by atoms with Gasteiger partial charge >= 0.3 is 0 Å². The molecule has 2 N–H and O–H groups in total. The Balaban J connectivity index is 1.54. The lowest BCUT2D eigenvalue weighted by molar-refractivity contribution is 1.36. The third-order valence-corrected chi connectivity index (χ3v) is 8.46. The summed E-state index contributed by atoms with van der Waals surface area (Å²) in [6.07, 6.45) is 0. The Labute approximate surface area is 232 Å². The molecule has 0 unspecified atom stereocenters. The smallest absolute Gasteiger partial charge is 0.0606 e. The van der Waals surface area contributed by atoms with Gasteiger partial charge in [-0.25, -0.2) is 0 Å². The van der Waals surface area contributed by atoms with Crippen molar-refractivity contribution in [3.8, 4) is 11.3 Å². The average Bonchev–Trinajstić information content (AvgIpc) is 3.32. The van der Waals surface area contributed by atoms with E-state index >= 15 is 0 Å². The monoisotopic (exact) mass is 520 g/mol. The van der Waals surface area contributed by atoms with E-state index in [-0.39, 0.29) is 0 Å². The summed E-state index contributed by atoms with van der Waals surface area (Å²) in [7, 11) is 0. The predicted molar refractivity (Wildman–Crippen MR) is 169 cm³/mol. The van der Waals surface area contributed by atoms with Crippen LogP contribution in [0.3, 0.4) is 0 Å². The van der Waals surface area contributed by atoms with E-state index in [0.29, 0.717) is 0 Å². The molecule has 2 nitrogen and oxygen atoms in total. The molecule has 39 heavy (non-hydrogen) atoms. The van der Waals surface area contributed by atoms with Gasteiger partial charge in [-0.15, -0.1) is 0 Å². The summed E-state index contributed by atoms with van der Waals surface area (Å²) < 4.78 is 0. The first-order valence-corrected chi connectivity index (χ1v) is 14.1. The SMILES string of the molecule is Cc1ccc(Sc2c(-c3ccccc3)[nH]c3c2cc(Nc2cccc(C)c2)c2cc4ccccc4cc23)cc1. The molecular formula is C36H28N2S. The number of hydrogen-bond acceptors (Lipinski definition) is 2. The highest BCUT2D eigenvalue weighted by molar-refractivity contribution is 7.99. The minimum atomic E-state index is 1.09. The zero-order valence-corrected chi connectivity index (χ0v) is 22.8. The van der Waals surface area contributed by atoms with Gasteiger partial charge in [-0.05, 0) is 78.2 Å². The molecule has 6 aromatic carbocycles. The number of benzene rings is 6. The summed E-state index contributed by atoms with van der Waals surface area (Å²) in [6.45, 7) is 4.27. The number of H-pyrrole nitrogens is 1. The third-order valence-electron chi connectivity index (χ3n) is 7.33. The zero-order valence-electron chi connectivity index (χ0n) is 22.0. The maximum atomic E-state index is 3.87. The standard InChI is InChI=1S/C36H28N2S/c1-23-15-17-29(18-16-23)39-36-32-22-33(37-28-14-8-9-24(2)19-28)30-20-26-12-6-7-13-27(26)21-31(30)35(32)38-34(36)25-10-4-3-5-11-25/h3-22,37-38H,1-2H3. The van der Waals surface area contributed by atoms with Crippen LogP contribution in [-0.4, -0.2) is 4.98 Å². The fourth-order valence-electron chi connectivity index (χ4n) is 5.36. The van der Waals surface area contributed by atoms with Gasteiger partial charge in [-0.1, -0.05) is 96.2 Å². The first kappa shape index (κ1) is 23.6. The van der Waals surface area contributed by atoms with Gasteiger partial charge in [-0.2, -0.15) is 0 Å². The van der Waals surface area contributed by atoms with E-state index in [1.54, 1.807) is 0 Å². The van der Waals surface area contributed by atoms with Gasteiger partial charge < -0.3 is 10.3 Å². The van der Waals surface area contributed by atoms with Crippen molar-refractivity contribution in [1.29, 1.82) is 0 Å². The summed E-state index contributed by atoms with van der Waals surface area (Å²) in [6, 6.07) is 43.6. The number of fused-ring (bicyclic) bond motifs is 4. The van der Waals surface area contributed by atoms with Crippen LogP contribution in [0.15, 0.2) is 131 Å². The Bertz CT molecular complexity index is 1970. The van der Waals surface area contributed by atoms with E-state index in [9.17, 15) is 0 Å². The molecule has 7 aromatic rings. The Kier molecular flexibility index (Phi) is 5.87. The molecule has 0 fully saturated rings. The van der Waals surface area contributed by atoms with Gasteiger partial charge in [0.25, 0.3) is 0 Å². The average molecular weight is 521 g/mol. The van der Waals surface area contributed by atoms with Crippen LogP contribution in [0, 0.1) is 13.8 Å². The number of nitrogens with one attached hydrogen (secondary N) is 2. The van der Waals surface area contributed by atoms with Gasteiger partial charge in [0.05, 0.1) is 11.2 Å². The fraction of sp³-hybridized carbons (Fsp3) is 0.0556. The van der Waals surface area contributed by atoms with E-state index in [2.05, 4.69) is 145 Å². The first-order valence-electron chi connectivity index (χ1n) is 13.3. The van der Waals surface area contributed by atoms with Gasteiger partial charge in [0.2, 0.25) is 0 Å². The lowest BCUT2D eigenvalue weighted by Gasteiger charge is -2.14. The number of aromatic nitrogens is 1. The summed E-state index contributed by atoms with van der Waals surface area (Å²) in [5.74, 6) is 0. The van der Waals surface area contributed by atoms with E-state index in [1.807, 2.05) is 11.8 Å². The van der Waals surface area contributed by atoms with Crippen molar-refractivity contribution in [1.82, 2.24) is 4.98 Å². The summed E-state index contributed by atoms with van der Waals surface area (Å²) in [5, 5.41) is 9.89. The van der Waals surface area contributed by atoms with Crippen molar-refractivity contribution in [2.24, 2.45) is 0 Å². The number of hydrogen-bond donors (Lipinski definition) is 2. The second-order valence-corrected chi connectivity index (χ2v) is 11.3. The maximum absolute atomic E-state index is 3.87. The minimum absolute atomic E-state index is 1.09. The van der Waals surface area contributed by atoms with E-state index in [1.165, 1.54) is 58.9 Å². The normalized spacial score (nSPS) is 11.4. The highest BCUT2D eigenvalue weighted by Gasteiger charge is 2.19. The molecule has 0 atom stereocenters. The second kappa shape index (κ2) is 9.68. The molecule has 1 heterocycles. The molecule has 0 aliphatic heterocycles. The fourth-order valence-corrected chi connectivity index (χ4v) is 6.41. The van der Waals surface area contributed by atoms with Crippen LogP contribution in [0.4, 0.5) is 11.4 Å². The molecule has 3 heteroatoms. The topological polar surface area (TPSA) is 27.8 Å². The number of aromatic amines is 1. The van der Waals surface area contributed by atoms with Crippen molar-refractivity contribution in [3.63, 3.8) is 0 Å². The van der Waals surface area contributed by atoms with Gasteiger partial charge in [0.15, 0.2) is 0 Å². The predicted octanol–water partition coefficient (Wildman–Crippen LogP) is 10.7. The van der Waals surface area contributed by atoms with Gasteiger partial charge in [-0.3, -0.25) is 0 Å². The van der Waals surface area contributed by atoms with Crippen LogP contribution in [-0.2, 0) is 0 Å². The van der Waals surface area contributed by atoms with Crippen LogP contribution in [0.1, 0.15) is 11.1 Å². The van der Waals surface area contributed by atoms with E-state index in [4.69, 9.17) is 0 Å². The summed E-state index contributed by atoms with van der Waals surface area (Å²) >= 11 is 1.82. The van der Waals surface area contributed by atoms with Crippen molar-refractivity contribution < 1.29 is 0 Å². The van der Waals surface area contributed by atoms with Crippen molar-refractivity contribution in [3.05, 3.63) is 132 Å². The number of rotatable bonds is 5. The van der Waals surface area contributed by atoms with Crippen LogP contribution in [0.25, 0.3) is 43.7 Å². The molecule has 0 aliphatic rings. The molecular weight excluding hydrogens is 492 g/mol. The number of anilines is 2. The first-order chi connectivity index (χ1) is 19.1. The van der Waals surface area contributed by atoms with Gasteiger partial charge in [0, 0.05) is 37.3 Å². The zero-order chi connectivity index (χ0) is 26.3. The molecule has 0 radical (unpaired) electrons. The largest absolute Gasteiger partial charge is 0.355 e. The van der Waals surface area contributed by atoms with E-state index < -0.39 is 0 Å². The highest BCUT2D eigenvalue weighted by atomic mass is 32.2. The molecule has 0 spiro atoms. The highest BCUT2D eigenvalue weighted by Crippen LogP contribution is 2.46. The third kappa shape index (κ3) is 4.45. The Morgan fingerprint density at radius 3 is 2.05 bits per heavy atom. The summed E-state index contributed by atoms with van der Waals surface area (Å²) in [4.78, 5) is 6.34. The van der Waals surface area contributed by atoms with Crippen LogP contribution < -0.4 is 5.32 Å². The Morgan fingerprint density at radius 1 is 0.590 bits per heavy atom. The van der Waals surface area contributed by atoms with Gasteiger partial charge in [0.1, 0.15) is 0 Å². The second-order valence-electron chi connectivity index (χ2n) is 10.2. The molecule has 7 rings (SSSR count). The van der Waals surface area contributed by atoms with Crippen molar-refractivity contribution in [2.75, 3.05) is 5.32 Å². The molecule has 1 aromatic heterocycles. The van der Waals surface area contributed by atoms with Crippen molar-refractivity contribution in [2.45, 2.75) is 23.6 Å². The molecule has 188 valence electrons. The lowest BCUT2D eigenvalue weighted by atomic mass is 10.00. The molecule has 0 bridgehead atoms. The maximum Gasteiger partial charge on any atom is 0.0606 e. The summed E-state index contributed by atoms with van der Waals surface area (Å²) in [5.41, 5.74) is 8.21. The van der Waals surface area contributed by atoms with Crippen LogP contribution >= 0.6 is 11.8 Å². The lowest BCUT2D eigenvalue weighted by Crippen LogP contribution is -1.93. The Hall–Kier alpha value is -4.47. The Morgan fingerprint density at radius 2 is 1.31 bits per heavy atom. The molecule has 0 amide bonds.